The summed E-state index contributed by atoms with van der Waals surface area (Å²) in [5, 5.41) is 11.2. The standard InChI is InChI=1S/C19H27N3OS.C2HF3O2/c20-3-5-24-18-16(2-1-4-21-18)17(23)22-12-19-9-13-6-14(10-19)8-15(7-13)11-19;3-2(4,5)1(6)7/h1-2,4,13-15H,3,5-12,20H2,(H,22,23);(H,6,7). The van der Waals surface area contributed by atoms with Gasteiger partial charge < -0.3 is 16.2 Å². The number of nitrogens with zero attached hydrogens (tertiary/aromatic N) is 1. The maximum Gasteiger partial charge on any atom is 0.490 e. The quantitative estimate of drug-likeness (QED) is 0.560. The van der Waals surface area contributed by atoms with Crippen LogP contribution in [0.4, 0.5) is 13.2 Å². The highest BCUT2D eigenvalue weighted by Crippen LogP contribution is 2.59. The molecule has 0 atom stereocenters. The van der Waals surface area contributed by atoms with Gasteiger partial charge in [-0.25, -0.2) is 9.78 Å². The largest absolute Gasteiger partial charge is 0.490 e. The van der Waals surface area contributed by atoms with Crippen molar-refractivity contribution < 1.29 is 27.9 Å². The Morgan fingerprint density at radius 3 is 2.23 bits per heavy atom. The highest BCUT2D eigenvalue weighted by Gasteiger charge is 2.50. The summed E-state index contributed by atoms with van der Waals surface area (Å²) in [6.45, 7) is 1.43. The summed E-state index contributed by atoms with van der Waals surface area (Å²) in [6, 6.07) is 3.72. The van der Waals surface area contributed by atoms with Crippen molar-refractivity contribution in [3.8, 4) is 0 Å². The van der Waals surface area contributed by atoms with Gasteiger partial charge in [0.2, 0.25) is 0 Å². The molecule has 5 rings (SSSR count). The van der Waals surface area contributed by atoms with Crippen LogP contribution in [0.25, 0.3) is 0 Å². The molecule has 4 N–H and O–H groups in total. The van der Waals surface area contributed by atoms with Crippen LogP contribution in [0.1, 0.15) is 48.9 Å². The normalized spacial score (nSPS) is 28.6. The van der Waals surface area contributed by atoms with E-state index in [1.165, 1.54) is 38.5 Å². The number of hydrogen-bond donors (Lipinski definition) is 3. The van der Waals surface area contributed by atoms with Gasteiger partial charge in [0.25, 0.3) is 5.91 Å². The number of halogens is 3. The molecule has 1 aromatic heterocycles. The third kappa shape index (κ3) is 6.12. The topological polar surface area (TPSA) is 105 Å². The van der Waals surface area contributed by atoms with Crippen LogP contribution in [0, 0.1) is 23.2 Å². The average molecular weight is 460 g/mol. The molecule has 4 aliphatic rings. The molecule has 1 amide bonds. The van der Waals surface area contributed by atoms with Gasteiger partial charge in [-0.15, -0.1) is 11.8 Å². The number of carbonyl (C=O) groups excluding carboxylic acids is 1. The van der Waals surface area contributed by atoms with E-state index < -0.39 is 12.1 Å². The first-order valence-electron chi connectivity index (χ1n) is 10.5. The molecule has 4 aliphatic carbocycles. The Hall–Kier alpha value is -1.81. The SMILES string of the molecule is NCCSc1ncccc1C(=O)NCC12CC3CC(CC(C3)C1)C2.O=C(O)C(F)(F)F. The Morgan fingerprint density at radius 1 is 1.19 bits per heavy atom. The maximum absolute atomic E-state index is 12.7. The number of aromatic nitrogens is 1. The van der Waals surface area contributed by atoms with Crippen molar-refractivity contribution in [2.45, 2.75) is 49.7 Å². The highest BCUT2D eigenvalue weighted by molar-refractivity contribution is 7.99. The molecule has 4 bridgehead atoms. The number of nitrogens with one attached hydrogen (secondary N) is 1. The number of rotatable bonds is 6. The summed E-state index contributed by atoms with van der Waals surface area (Å²) in [4.78, 5) is 26.0. The summed E-state index contributed by atoms with van der Waals surface area (Å²) in [5.74, 6) is 0.809. The van der Waals surface area contributed by atoms with Gasteiger partial charge in [0.05, 0.1) is 5.56 Å². The van der Waals surface area contributed by atoms with E-state index in [-0.39, 0.29) is 5.91 Å². The molecular weight excluding hydrogens is 431 g/mol. The third-order valence-electron chi connectivity index (χ3n) is 6.40. The van der Waals surface area contributed by atoms with Gasteiger partial charge in [-0.3, -0.25) is 4.79 Å². The smallest absolute Gasteiger partial charge is 0.475 e. The lowest BCUT2D eigenvalue weighted by atomic mass is 9.49. The number of nitrogens with two attached hydrogens (primary N) is 1. The van der Waals surface area contributed by atoms with Crippen molar-refractivity contribution in [1.29, 1.82) is 0 Å². The molecule has 1 heterocycles. The molecule has 4 saturated carbocycles. The van der Waals surface area contributed by atoms with E-state index in [0.29, 0.717) is 17.5 Å². The van der Waals surface area contributed by atoms with Crippen LogP contribution in [0.3, 0.4) is 0 Å². The van der Waals surface area contributed by atoms with Gasteiger partial charge in [0, 0.05) is 25.0 Å². The van der Waals surface area contributed by atoms with Gasteiger partial charge in [-0.2, -0.15) is 13.2 Å². The number of amides is 1. The average Bonchev–Trinajstić information content (AvgIpc) is 2.69. The van der Waals surface area contributed by atoms with Crippen molar-refractivity contribution in [1.82, 2.24) is 10.3 Å². The molecule has 6 nitrogen and oxygen atoms in total. The van der Waals surface area contributed by atoms with Crippen molar-refractivity contribution >= 4 is 23.6 Å². The second kappa shape index (κ2) is 9.77. The maximum atomic E-state index is 12.7. The number of carbonyl (C=O) groups is 2. The van der Waals surface area contributed by atoms with Crippen molar-refractivity contribution in [3.05, 3.63) is 23.9 Å². The Balaban J connectivity index is 0.000000339. The number of carboxylic acids is 1. The zero-order chi connectivity index (χ0) is 22.6. The lowest BCUT2D eigenvalue weighted by Gasteiger charge is -2.56. The molecule has 0 aliphatic heterocycles. The second-order valence-corrected chi connectivity index (χ2v) is 9.98. The second-order valence-electron chi connectivity index (χ2n) is 8.90. The Bertz CT molecular complexity index is 768. The molecule has 10 heteroatoms. The van der Waals surface area contributed by atoms with Crippen molar-refractivity contribution in [3.63, 3.8) is 0 Å². The first-order chi connectivity index (χ1) is 14.6. The van der Waals surface area contributed by atoms with Gasteiger partial charge in [0.1, 0.15) is 5.03 Å². The van der Waals surface area contributed by atoms with Crippen LogP contribution in [0.5, 0.6) is 0 Å². The van der Waals surface area contributed by atoms with Gasteiger partial charge >= 0.3 is 12.1 Å². The van der Waals surface area contributed by atoms with Crippen LogP contribution >= 0.6 is 11.8 Å². The number of pyridine rings is 1. The molecule has 1 aromatic rings. The molecule has 4 fully saturated rings. The van der Waals surface area contributed by atoms with Gasteiger partial charge in [-0.1, -0.05) is 0 Å². The molecule has 0 saturated heterocycles. The van der Waals surface area contributed by atoms with E-state index in [1.54, 1.807) is 18.0 Å². The first-order valence-corrected chi connectivity index (χ1v) is 11.5. The molecule has 172 valence electrons. The summed E-state index contributed by atoms with van der Waals surface area (Å²) >= 11 is 1.56. The fourth-order valence-electron chi connectivity index (χ4n) is 5.70. The van der Waals surface area contributed by atoms with Crippen LogP contribution in [-0.2, 0) is 4.79 Å². The minimum atomic E-state index is -5.08. The van der Waals surface area contributed by atoms with Gasteiger partial charge in [0.15, 0.2) is 0 Å². The molecule has 0 spiro atoms. The molecule has 0 aromatic carbocycles. The van der Waals surface area contributed by atoms with E-state index in [0.717, 1.165) is 35.1 Å². The number of carboxylic acid groups (broad SMARTS) is 1. The molecular formula is C21H28F3N3O3S. The number of thioether (sulfide) groups is 1. The number of aliphatic carboxylic acids is 1. The minimum Gasteiger partial charge on any atom is -0.475 e. The lowest BCUT2D eigenvalue weighted by Crippen LogP contribution is -2.51. The zero-order valence-electron chi connectivity index (χ0n) is 17.2. The first kappa shape index (κ1) is 23.8. The van der Waals surface area contributed by atoms with E-state index >= 15 is 0 Å². The predicted octanol–water partition coefficient (Wildman–Crippen LogP) is 3.71. The Kier molecular flexibility index (Phi) is 7.51. The summed E-state index contributed by atoms with van der Waals surface area (Å²) in [5.41, 5.74) is 6.65. The fourth-order valence-corrected chi connectivity index (χ4v) is 6.47. The third-order valence-corrected chi connectivity index (χ3v) is 7.44. The summed E-state index contributed by atoms with van der Waals surface area (Å²) < 4.78 is 31.7. The number of hydrogen-bond acceptors (Lipinski definition) is 5. The van der Waals surface area contributed by atoms with Crippen LogP contribution in [0.2, 0.25) is 0 Å². The van der Waals surface area contributed by atoms with Crippen LogP contribution in [-0.4, -0.2) is 47.0 Å². The Morgan fingerprint density at radius 2 is 1.74 bits per heavy atom. The highest BCUT2D eigenvalue weighted by atomic mass is 32.2. The monoisotopic (exact) mass is 459 g/mol. The molecule has 0 unspecified atom stereocenters. The predicted molar refractivity (Wildman–Crippen MR) is 111 cm³/mol. The summed E-state index contributed by atoms with van der Waals surface area (Å²) in [6.07, 6.45) is 4.94. The van der Waals surface area contributed by atoms with E-state index in [4.69, 9.17) is 15.6 Å². The molecule has 0 radical (unpaired) electrons. The van der Waals surface area contributed by atoms with Crippen molar-refractivity contribution in [2.75, 3.05) is 18.8 Å². The fraction of sp³-hybridized carbons (Fsp3) is 0.667. The zero-order valence-corrected chi connectivity index (χ0v) is 18.0. The van der Waals surface area contributed by atoms with E-state index in [9.17, 15) is 18.0 Å². The summed E-state index contributed by atoms with van der Waals surface area (Å²) in [7, 11) is 0. The van der Waals surface area contributed by atoms with Crippen molar-refractivity contribution in [2.24, 2.45) is 28.9 Å². The lowest BCUT2D eigenvalue weighted by molar-refractivity contribution is -0.192. The Labute approximate surface area is 183 Å². The van der Waals surface area contributed by atoms with Crippen LogP contribution < -0.4 is 11.1 Å². The minimum absolute atomic E-state index is 0.0263. The van der Waals surface area contributed by atoms with E-state index in [1.807, 2.05) is 12.1 Å². The van der Waals surface area contributed by atoms with Crippen LogP contribution in [0.15, 0.2) is 23.4 Å². The van der Waals surface area contributed by atoms with E-state index in [2.05, 4.69) is 10.3 Å². The molecule has 31 heavy (non-hydrogen) atoms. The number of alkyl halides is 3. The van der Waals surface area contributed by atoms with Gasteiger partial charge in [-0.05, 0) is 73.8 Å².